The molecule has 1 saturated heterocycles. The van der Waals surface area contributed by atoms with Crippen LogP contribution in [0.15, 0.2) is 0 Å². The molecule has 90 valence electrons. The van der Waals surface area contributed by atoms with E-state index in [9.17, 15) is 5.11 Å². The molecule has 1 aliphatic carbocycles. The summed E-state index contributed by atoms with van der Waals surface area (Å²) in [6.07, 6.45) is 7.46. The van der Waals surface area contributed by atoms with Crippen LogP contribution in [0, 0.1) is 17.2 Å². The third-order valence-corrected chi connectivity index (χ3v) is 4.17. The van der Waals surface area contributed by atoms with Crippen LogP contribution in [0.25, 0.3) is 0 Å². The van der Waals surface area contributed by atoms with Crippen molar-refractivity contribution in [3.8, 4) is 6.07 Å². The van der Waals surface area contributed by atoms with Gasteiger partial charge in [0.25, 0.3) is 0 Å². The summed E-state index contributed by atoms with van der Waals surface area (Å²) in [5.41, 5.74) is 0. The van der Waals surface area contributed by atoms with Gasteiger partial charge < -0.3 is 5.11 Å². The molecule has 1 saturated carbocycles. The summed E-state index contributed by atoms with van der Waals surface area (Å²) < 4.78 is 0. The Labute approximate surface area is 98.1 Å². The maximum absolute atomic E-state index is 9.96. The third-order valence-electron chi connectivity index (χ3n) is 4.17. The molecular weight excluding hydrogens is 200 g/mol. The van der Waals surface area contributed by atoms with Gasteiger partial charge in [-0.1, -0.05) is 6.42 Å². The number of rotatable bonds is 4. The van der Waals surface area contributed by atoms with Gasteiger partial charge in [0.2, 0.25) is 0 Å². The second-order valence-corrected chi connectivity index (χ2v) is 5.17. The summed E-state index contributed by atoms with van der Waals surface area (Å²) >= 11 is 0. The van der Waals surface area contributed by atoms with E-state index in [0.717, 1.165) is 19.4 Å². The van der Waals surface area contributed by atoms with Gasteiger partial charge >= 0.3 is 0 Å². The van der Waals surface area contributed by atoms with Gasteiger partial charge in [0.1, 0.15) is 0 Å². The van der Waals surface area contributed by atoms with E-state index in [2.05, 4.69) is 11.0 Å². The molecule has 1 N–H and O–H groups in total. The van der Waals surface area contributed by atoms with Gasteiger partial charge in [0.15, 0.2) is 0 Å². The van der Waals surface area contributed by atoms with E-state index >= 15 is 0 Å². The van der Waals surface area contributed by atoms with Crippen LogP contribution in [-0.4, -0.2) is 35.2 Å². The van der Waals surface area contributed by atoms with Gasteiger partial charge in [-0.25, -0.2) is 0 Å². The molecule has 0 spiro atoms. The Morgan fingerprint density at radius 1 is 1.25 bits per heavy atom. The fourth-order valence-electron chi connectivity index (χ4n) is 3.39. The van der Waals surface area contributed by atoms with Crippen molar-refractivity contribution >= 4 is 0 Å². The molecule has 0 radical (unpaired) electrons. The van der Waals surface area contributed by atoms with Crippen LogP contribution >= 0.6 is 0 Å². The lowest BCUT2D eigenvalue weighted by Gasteiger charge is -2.31. The molecule has 0 aromatic rings. The van der Waals surface area contributed by atoms with Gasteiger partial charge in [-0.2, -0.15) is 5.26 Å². The minimum Gasteiger partial charge on any atom is -0.393 e. The number of hydrogen-bond donors (Lipinski definition) is 1. The molecule has 2 rings (SSSR count). The van der Waals surface area contributed by atoms with Crippen LogP contribution < -0.4 is 0 Å². The summed E-state index contributed by atoms with van der Waals surface area (Å²) in [5.74, 6) is 0.504. The zero-order valence-corrected chi connectivity index (χ0v) is 9.94. The predicted octanol–water partition coefficient (Wildman–Crippen LogP) is 1.92. The molecule has 3 nitrogen and oxygen atoms in total. The van der Waals surface area contributed by atoms with Crippen LogP contribution in [0.4, 0.5) is 0 Å². The quantitative estimate of drug-likeness (QED) is 0.739. The summed E-state index contributed by atoms with van der Waals surface area (Å²) in [6, 6.07) is 2.80. The van der Waals surface area contributed by atoms with Crippen molar-refractivity contribution in [2.45, 2.75) is 57.1 Å². The molecular formula is C13H22N2O. The van der Waals surface area contributed by atoms with Gasteiger partial charge in [-0.3, -0.25) is 4.90 Å². The molecule has 0 bridgehead atoms. The van der Waals surface area contributed by atoms with Gasteiger partial charge in [-0.15, -0.1) is 0 Å². The number of unbranched alkanes of at least 4 members (excludes halogenated alkanes) is 1. The number of aliphatic hydroxyl groups excluding tert-OH is 1. The average molecular weight is 222 g/mol. The van der Waals surface area contributed by atoms with Crippen molar-refractivity contribution < 1.29 is 5.11 Å². The van der Waals surface area contributed by atoms with E-state index in [-0.39, 0.29) is 6.10 Å². The molecule has 0 aromatic heterocycles. The third kappa shape index (κ3) is 2.56. The zero-order chi connectivity index (χ0) is 11.4. The summed E-state index contributed by atoms with van der Waals surface area (Å²) in [4.78, 5) is 2.51. The number of aliphatic hydroxyl groups is 1. The van der Waals surface area contributed by atoms with Crippen molar-refractivity contribution in [1.82, 2.24) is 4.90 Å². The molecule has 16 heavy (non-hydrogen) atoms. The average Bonchev–Trinajstić information content (AvgIpc) is 2.87. The summed E-state index contributed by atoms with van der Waals surface area (Å²) in [6.45, 7) is 2.21. The van der Waals surface area contributed by atoms with Gasteiger partial charge in [0, 0.05) is 18.4 Å². The highest BCUT2D eigenvalue weighted by atomic mass is 16.3. The predicted molar refractivity (Wildman–Crippen MR) is 62.8 cm³/mol. The molecule has 1 heterocycles. The first-order valence-electron chi connectivity index (χ1n) is 6.62. The summed E-state index contributed by atoms with van der Waals surface area (Å²) in [7, 11) is 0. The number of nitrogens with zero attached hydrogens (tertiary/aromatic N) is 2. The first-order chi connectivity index (χ1) is 7.83. The first-order valence-corrected chi connectivity index (χ1v) is 6.62. The van der Waals surface area contributed by atoms with Crippen LogP contribution in [-0.2, 0) is 0 Å². The van der Waals surface area contributed by atoms with E-state index in [4.69, 9.17) is 5.26 Å². The van der Waals surface area contributed by atoms with E-state index in [0.29, 0.717) is 18.4 Å². The molecule has 0 amide bonds. The molecule has 2 aliphatic rings. The number of likely N-dealkylation sites (tertiary alicyclic amines) is 1. The Bertz CT molecular complexity index is 261. The van der Waals surface area contributed by atoms with Crippen molar-refractivity contribution in [2.75, 3.05) is 13.1 Å². The Kier molecular flexibility index (Phi) is 4.20. The zero-order valence-electron chi connectivity index (χ0n) is 9.94. The largest absolute Gasteiger partial charge is 0.393 e. The number of nitriles is 1. The molecule has 0 aromatic carbocycles. The van der Waals surface area contributed by atoms with Crippen molar-refractivity contribution in [3.63, 3.8) is 0 Å². The van der Waals surface area contributed by atoms with Crippen molar-refractivity contribution in [1.29, 1.82) is 5.26 Å². The lowest BCUT2D eigenvalue weighted by molar-refractivity contribution is 0.0744. The minimum atomic E-state index is -0.0680. The molecule has 3 atom stereocenters. The first kappa shape index (κ1) is 11.9. The molecule has 2 fully saturated rings. The van der Waals surface area contributed by atoms with Crippen LogP contribution in [0.2, 0.25) is 0 Å². The maximum atomic E-state index is 9.96. The maximum Gasteiger partial charge on any atom is 0.0622 e. The normalized spacial score (nSPS) is 35.4. The second-order valence-electron chi connectivity index (χ2n) is 5.17. The highest BCUT2D eigenvalue weighted by Gasteiger charge is 2.37. The summed E-state index contributed by atoms with van der Waals surface area (Å²) in [5, 5.41) is 18.5. The SMILES string of the molecule is N#CCCCN1CCCC1C1CCCC1O. The highest BCUT2D eigenvalue weighted by molar-refractivity contribution is 4.91. The fourth-order valence-corrected chi connectivity index (χ4v) is 3.39. The monoisotopic (exact) mass is 222 g/mol. The lowest BCUT2D eigenvalue weighted by atomic mass is 9.94. The van der Waals surface area contributed by atoms with Crippen LogP contribution in [0.3, 0.4) is 0 Å². The van der Waals surface area contributed by atoms with Crippen molar-refractivity contribution in [2.24, 2.45) is 5.92 Å². The Balaban J connectivity index is 1.85. The van der Waals surface area contributed by atoms with Crippen molar-refractivity contribution in [3.05, 3.63) is 0 Å². The lowest BCUT2D eigenvalue weighted by Crippen LogP contribution is -2.39. The van der Waals surface area contributed by atoms with E-state index in [1.54, 1.807) is 0 Å². The van der Waals surface area contributed by atoms with Gasteiger partial charge in [0.05, 0.1) is 12.2 Å². The van der Waals surface area contributed by atoms with Gasteiger partial charge in [-0.05, 0) is 45.2 Å². The van der Waals surface area contributed by atoms with Crippen LogP contribution in [0.5, 0.6) is 0 Å². The van der Waals surface area contributed by atoms with E-state index in [1.165, 1.54) is 32.2 Å². The molecule has 3 heteroatoms. The topological polar surface area (TPSA) is 47.3 Å². The number of hydrogen-bond acceptors (Lipinski definition) is 3. The second kappa shape index (κ2) is 5.65. The Morgan fingerprint density at radius 3 is 2.81 bits per heavy atom. The Morgan fingerprint density at radius 2 is 2.12 bits per heavy atom. The molecule has 3 unspecified atom stereocenters. The standard InChI is InChI=1S/C13H22N2O/c14-8-1-2-9-15-10-4-6-12(15)11-5-3-7-13(11)16/h11-13,16H,1-7,9-10H2. The fraction of sp³-hybridized carbons (Fsp3) is 0.923. The van der Waals surface area contributed by atoms with Crippen LogP contribution in [0.1, 0.15) is 44.9 Å². The van der Waals surface area contributed by atoms with E-state index < -0.39 is 0 Å². The minimum absolute atomic E-state index is 0.0680. The highest BCUT2D eigenvalue weighted by Crippen LogP contribution is 2.35. The molecule has 1 aliphatic heterocycles. The Hall–Kier alpha value is -0.590. The van der Waals surface area contributed by atoms with E-state index in [1.807, 2.05) is 0 Å². The smallest absolute Gasteiger partial charge is 0.0622 e.